The summed E-state index contributed by atoms with van der Waals surface area (Å²) in [5.74, 6) is 0. The first-order valence-electron chi connectivity index (χ1n) is 6.82. The second-order valence-corrected chi connectivity index (χ2v) is 4.74. The van der Waals surface area contributed by atoms with Gasteiger partial charge in [0, 0.05) is 11.9 Å². The standard InChI is InChI=1S/C18H21N/c1-3-16(17-9-5-4-6-10-17)12-13-19-18-11-7-8-15(2)14-18/h3-6,8-10,12-14,19H,7,11H2,1-2H3/b13-12-,16-3+. The summed E-state index contributed by atoms with van der Waals surface area (Å²) >= 11 is 0. The maximum Gasteiger partial charge on any atom is 0.0152 e. The van der Waals surface area contributed by atoms with Crippen molar-refractivity contribution >= 4 is 5.57 Å². The number of hydrogen-bond acceptors (Lipinski definition) is 1. The van der Waals surface area contributed by atoms with Gasteiger partial charge in [0.25, 0.3) is 0 Å². The van der Waals surface area contributed by atoms with Gasteiger partial charge in [-0.05, 0) is 50.0 Å². The molecule has 1 heteroatoms. The summed E-state index contributed by atoms with van der Waals surface area (Å²) in [6.45, 7) is 4.21. The van der Waals surface area contributed by atoms with Gasteiger partial charge in [0.2, 0.25) is 0 Å². The molecule has 0 amide bonds. The maximum atomic E-state index is 3.39. The van der Waals surface area contributed by atoms with E-state index >= 15 is 0 Å². The number of allylic oxidation sites excluding steroid dienone is 7. The second-order valence-electron chi connectivity index (χ2n) is 4.74. The molecule has 1 aromatic carbocycles. The van der Waals surface area contributed by atoms with Gasteiger partial charge in [-0.3, -0.25) is 0 Å². The van der Waals surface area contributed by atoms with Crippen molar-refractivity contribution in [2.45, 2.75) is 26.7 Å². The molecular weight excluding hydrogens is 230 g/mol. The first kappa shape index (κ1) is 13.4. The van der Waals surface area contributed by atoms with E-state index < -0.39 is 0 Å². The van der Waals surface area contributed by atoms with E-state index in [1.165, 1.54) is 22.4 Å². The fourth-order valence-electron chi connectivity index (χ4n) is 2.20. The van der Waals surface area contributed by atoms with Crippen LogP contribution in [0.1, 0.15) is 32.3 Å². The van der Waals surface area contributed by atoms with Crippen LogP contribution in [-0.2, 0) is 0 Å². The summed E-state index contributed by atoms with van der Waals surface area (Å²) in [6.07, 6.45) is 13.0. The molecule has 0 bridgehead atoms. The van der Waals surface area contributed by atoms with Gasteiger partial charge < -0.3 is 5.32 Å². The van der Waals surface area contributed by atoms with Gasteiger partial charge in [0.1, 0.15) is 0 Å². The Balaban J connectivity index is 2.00. The third kappa shape index (κ3) is 3.99. The van der Waals surface area contributed by atoms with Crippen LogP contribution in [0.2, 0.25) is 0 Å². The van der Waals surface area contributed by atoms with Gasteiger partial charge in [0.05, 0.1) is 0 Å². The Kier molecular flexibility index (Phi) is 4.79. The first-order chi connectivity index (χ1) is 9.29. The Bertz CT molecular complexity index is 530. The molecule has 1 aliphatic rings. The quantitative estimate of drug-likeness (QED) is 0.757. The van der Waals surface area contributed by atoms with E-state index in [2.05, 4.69) is 67.7 Å². The van der Waals surface area contributed by atoms with Gasteiger partial charge >= 0.3 is 0 Å². The highest BCUT2D eigenvalue weighted by Crippen LogP contribution is 2.16. The number of benzene rings is 1. The average Bonchev–Trinajstić information content (AvgIpc) is 2.45. The minimum atomic E-state index is 1.10. The molecule has 1 N–H and O–H groups in total. The molecule has 0 unspecified atom stereocenters. The van der Waals surface area contributed by atoms with Crippen LogP contribution in [0.5, 0.6) is 0 Å². The van der Waals surface area contributed by atoms with Crippen molar-refractivity contribution in [3.05, 3.63) is 77.7 Å². The molecule has 0 heterocycles. The Morgan fingerprint density at radius 2 is 2.00 bits per heavy atom. The number of hydrogen-bond donors (Lipinski definition) is 1. The zero-order valence-electron chi connectivity index (χ0n) is 11.7. The van der Waals surface area contributed by atoms with Crippen molar-refractivity contribution in [2.75, 3.05) is 0 Å². The van der Waals surface area contributed by atoms with E-state index in [4.69, 9.17) is 0 Å². The average molecular weight is 251 g/mol. The molecule has 0 aromatic heterocycles. The lowest BCUT2D eigenvalue weighted by Gasteiger charge is -2.11. The first-order valence-corrected chi connectivity index (χ1v) is 6.82. The Hall–Kier alpha value is -2.02. The highest BCUT2D eigenvalue weighted by molar-refractivity contribution is 5.73. The predicted molar refractivity (Wildman–Crippen MR) is 83.4 cm³/mol. The van der Waals surface area contributed by atoms with Crippen molar-refractivity contribution in [3.8, 4) is 0 Å². The molecular formula is C18H21N. The van der Waals surface area contributed by atoms with Crippen LogP contribution in [0, 0.1) is 0 Å². The molecule has 1 aromatic rings. The zero-order valence-corrected chi connectivity index (χ0v) is 11.7. The molecule has 0 saturated heterocycles. The minimum Gasteiger partial charge on any atom is -0.365 e. The highest BCUT2D eigenvalue weighted by atomic mass is 14.8. The summed E-state index contributed by atoms with van der Waals surface area (Å²) in [5.41, 5.74) is 5.12. The van der Waals surface area contributed by atoms with Crippen molar-refractivity contribution in [1.82, 2.24) is 5.32 Å². The topological polar surface area (TPSA) is 12.0 Å². The van der Waals surface area contributed by atoms with Crippen molar-refractivity contribution in [1.29, 1.82) is 0 Å². The van der Waals surface area contributed by atoms with Gasteiger partial charge in [0.15, 0.2) is 0 Å². The molecule has 0 saturated carbocycles. The van der Waals surface area contributed by atoms with Crippen LogP contribution in [0.25, 0.3) is 5.57 Å². The fraction of sp³-hybridized carbons (Fsp3) is 0.222. The zero-order chi connectivity index (χ0) is 13.5. The van der Waals surface area contributed by atoms with Gasteiger partial charge in [-0.1, -0.05) is 48.1 Å². The van der Waals surface area contributed by atoms with Crippen molar-refractivity contribution in [2.24, 2.45) is 0 Å². The van der Waals surface area contributed by atoms with E-state index in [0.717, 1.165) is 12.8 Å². The van der Waals surface area contributed by atoms with E-state index in [1.54, 1.807) is 0 Å². The molecule has 0 radical (unpaired) electrons. The summed E-state index contributed by atoms with van der Waals surface area (Å²) in [5, 5.41) is 3.39. The van der Waals surface area contributed by atoms with Crippen molar-refractivity contribution < 1.29 is 0 Å². The second kappa shape index (κ2) is 6.79. The summed E-state index contributed by atoms with van der Waals surface area (Å²) in [4.78, 5) is 0. The molecule has 0 fully saturated rings. The summed E-state index contributed by atoms with van der Waals surface area (Å²) in [6, 6.07) is 10.4. The Morgan fingerprint density at radius 1 is 1.21 bits per heavy atom. The predicted octanol–water partition coefficient (Wildman–Crippen LogP) is 4.82. The summed E-state index contributed by atoms with van der Waals surface area (Å²) < 4.78 is 0. The fourth-order valence-corrected chi connectivity index (χ4v) is 2.20. The van der Waals surface area contributed by atoms with E-state index in [-0.39, 0.29) is 0 Å². The third-order valence-corrected chi connectivity index (χ3v) is 3.23. The lowest BCUT2D eigenvalue weighted by molar-refractivity contribution is 0.860. The molecule has 2 rings (SSSR count). The SMILES string of the molecule is C/C=C(\C=C/NC1=CC(C)=CCC1)c1ccccc1. The summed E-state index contributed by atoms with van der Waals surface area (Å²) in [7, 11) is 0. The van der Waals surface area contributed by atoms with Crippen LogP contribution >= 0.6 is 0 Å². The molecule has 0 spiro atoms. The van der Waals surface area contributed by atoms with Gasteiger partial charge in [-0.2, -0.15) is 0 Å². The molecule has 0 aliphatic heterocycles. The van der Waals surface area contributed by atoms with E-state index in [1.807, 2.05) is 12.3 Å². The van der Waals surface area contributed by atoms with Crippen LogP contribution < -0.4 is 5.32 Å². The molecule has 1 aliphatic carbocycles. The van der Waals surface area contributed by atoms with Gasteiger partial charge in [-0.15, -0.1) is 0 Å². The molecule has 19 heavy (non-hydrogen) atoms. The molecule has 0 atom stereocenters. The normalized spacial score (nSPS) is 16.2. The lowest BCUT2D eigenvalue weighted by atomic mass is 10.0. The van der Waals surface area contributed by atoms with Crippen LogP contribution in [0.4, 0.5) is 0 Å². The van der Waals surface area contributed by atoms with E-state index in [0.29, 0.717) is 0 Å². The van der Waals surface area contributed by atoms with Crippen LogP contribution in [-0.4, -0.2) is 0 Å². The largest absolute Gasteiger partial charge is 0.365 e. The lowest BCUT2D eigenvalue weighted by Crippen LogP contribution is -2.07. The monoisotopic (exact) mass is 251 g/mol. The molecule has 98 valence electrons. The van der Waals surface area contributed by atoms with Crippen LogP contribution in [0.15, 0.2) is 72.1 Å². The van der Waals surface area contributed by atoms with Crippen molar-refractivity contribution in [3.63, 3.8) is 0 Å². The Labute approximate surface area is 116 Å². The highest BCUT2D eigenvalue weighted by Gasteiger charge is 2.00. The minimum absolute atomic E-state index is 1.10. The maximum absolute atomic E-state index is 3.39. The number of rotatable bonds is 4. The Morgan fingerprint density at radius 3 is 2.68 bits per heavy atom. The molecule has 1 nitrogen and oxygen atoms in total. The smallest absolute Gasteiger partial charge is 0.0152 e. The van der Waals surface area contributed by atoms with E-state index in [9.17, 15) is 0 Å². The van der Waals surface area contributed by atoms with Gasteiger partial charge in [-0.25, -0.2) is 0 Å². The van der Waals surface area contributed by atoms with Crippen LogP contribution in [0.3, 0.4) is 0 Å². The number of nitrogens with one attached hydrogen (secondary N) is 1. The third-order valence-electron chi connectivity index (χ3n) is 3.23.